The van der Waals surface area contributed by atoms with Crippen LogP contribution in [-0.2, 0) is 6.54 Å². The van der Waals surface area contributed by atoms with E-state index in [0.717, 1.165) is 38.4 Å². The molecule has 1 aliphatic heterocycles. The molecule has 24 heavy (non-hydrogen) atoms. The van der Waals surface area contributed by atoms with E-state index in [1.54, 1.807) is 6.07 Å². The van der Waals surface area contributed by atoms with Gasteiger partial charge in [0.05, 0.1) is 11.6 Å². The first-order valence-electron chi connectivity index (χ1n) is 8.23. The van der Waals surface area contributed by atoms with Gasteiger partial charge in [-0.05, 0) is 43.2 Å². The van der Waals surface area contributed by atoms with Gasteiger partial charge in [0.2, 0.25) is 0 Å². The molecule has 0 aliphatic carbocycles. The Balaban J connectivity index is 1.58. The zero-order valence-corrected chi connectivity index (χ0v) is 13.9. The van der Waals surface area contributed by atoms with Crippen molar-refractivity contribution in [3.8, 4) is 6.07 Å². The molecule has 0 bridgehead atoms. The average Bonchev–Trinajstić information content (AvgIpc) is 2.90. The number of carbonyl (C=O) groups is 1. The van der Waals surface area contributed by atoms with Crippen LogP contribution in [0.25, 0.3) is 0 Å². The summed E-state index contributed by atoms with van der Waals surface area (Å²) in [6.07, 6.45) is 0.946. The van der Waals surface area contributed by atoms with Crippen LogP contribution in [0.3, 0.4) is 0 Å². The van der Waals surface area contributed by atoms with Gasteiger partial charge >= 0.3 is 0 Å². The molecule has 2 heterocycles. The summed E-state index contributed by atoms with van der Waals surface area (Å²) in [7, 11) is 0. The van der Waals surface area contributed by atoms with Crippen LogP contribution in [0, 0.1) is 18.3 Å². The molecular weight excluding hydrogens is 302 g/mol. The van der Waals surface area contributed by atoms with Gasteiger partial charge in [-0.3, -0.25) is 9.69 Å². The number of nitrogens with zero attached hydrogens (tertiary/aromatic N) is 3. The van der Waals surface area contributed by atoms with Gasteiger partial charge in [0, 0.05) is 32.7 Å². The molecular formula is C19H21N3O2. The number of hydrogen-bond donors (Lipinski definition) is 0. The van der Waals surface area contributed by atoms with Crippen molar-refractivity contribution >= 4 is 5.91 Å². The minimum absolute atomic E-state index is 0.0247. The third kappa shape index (κ3) is 3.84. The maximum absolute atomic E-state index is 12.5. The first-order valence-corrected chi connectivity index (χ1v) is 8.23. The molecule has 1 fully saturated rings. The molecule has 3 rings (SSSR count). The van der Waals surface area contributed by atoms with Crippen molar-refractivity contribution in [1.82, 2.24) is 9.80 Å². The van der Waals surface area contributed by atoms with Crippen LogP contribution in [0.2, 0.25) is 0 Å². The van der Waals surface area contributed by atoms with E-state index in [4.69, 9.17) is 9.68 Å². The molecule has 0 unspecified atom stereocenters. The predicted molar refractivity (Wildman–Crippen MR) is 90.4 cm³/mol. The van der Waals surface area contributed by atoms with Crippen molar-refractivity contribution in [1.29, 1.82) is 5.26 Å². The van der Waals surface area contributed by atoms with Gasteiger partial charge in [0.1, 0.15) is 5.76 Å². The second-order valence-corrected chi connectivity index (χ2v) is 6.14. The Morgan fingerprint density at radius 1 is 1.12 bits per heavy atom. The standard InChI is InChI=1S/C19H21N3O2/c1-15-3-8-18(24-15)19(23)22-10-2-9-21(11-12-22)14-17-6-4-16(13-20)5-7-17/h3-8H,2,9-12,14H2,1H3. The predicted octanol–water partition coefficient (Wildman–Crippen LogP) is 2.81. The third-order valence-electron chi connectivity index (χ3n) is 4.32. The Bertz CT molecular complexity index is 743. The van der Waals surface area contributed by atoms with Crippen LogP contribution in [-0.4, -0.2) is 41.9 Å². The summed E-state index contributed by atoms with van der Waals surface area (Å²) < 4.78 is 5.45. The number of carbonyl (C=O) groups excluding carboxylic acids is 1. The molecule has 1 aromatic heterocycles. The van der Waals surface area contributed by atoms with E-state index in [2.05, 4.69) is 11.0 Å². The number of nitriles is 1. The number of hydrogen-bond acceptors (Lipinski definition) is 4. The van der Waals surface area contributed by atoms with Gasteiger partial charge in [-0.25, -0.2) is 0 Å². The van der Waals surface area contributed by atoms with E-state index in [-0.39, 0.29) is 5.91 Å². The maximum Gasteiger partial charge on any atom is 0.289 e. The lowest BCUT2D eigenvalue weighted by Crippen LogP contribution is -2.34. The highest BCUT2D eigenvalue weighted by Gasteiger charge is 2.22. The van der Waals surface area contributed by atoms with Gasteiger partial charge in [0.15, 0.2) is 5.76 Å². The van der Waals surface area contributed by atoms with Gasteiger partial charge in [-0.15, -0.1) is 0 Å². The van der Waals surface area contributed by atoms with Crippen molar-refractivity contribution in [2.24, 2.45) is 0 Å². The fraction of sp³-hybridized carbons (Fsp3) is 0.368. The smallest absolute Gasteiger partial charge is 0.289 e. The van der Waals surface area contributed by atoms with Crippen molar-refractivity contribution in [3.63, 3.8) is 0 Å². The van der Waals surface area contributed by atoms with E-state index in [1.807, 2.05) is 42.2 Å². The fourth-order valence-electron chi connectivity index (χ4n) is 2.98. The third-order valence-corrected chi connectivity index (χ3v) is 4.32. The quantitative estimate of drug-likeness (QED) is 0.871. The van der Waals surface area contributed by atoms with E-state index >= 15 is 0 Å². The van der Waals surface area contributed by atoms with Gasteiger partial charge in [-0.2, -0.15) is 5.26 Å². The zero-order valence-electron chi connectivity index (χ0n) is 13.9. The van der Waals surface area contributed by atoms with Crippen molar-refractivity contribution in [2.45, 2.75) is 19.9 Å². The van der Waals surface area contributed by atoms with Crippen molar-refractivity contribution in [2.75, 3.05) is 26.2 Å². The second kappa shape index (κ2) is 7.33. The molecule has 0 saturated carbocycles. The molecule has 124 valence electrons. The average molecular weight is 323 g/mol. The van der Waals surface area contributed by atoms with Crippen LogP contribution in [0.4, 0.5) is 0 Å². The number of aryl methyl sites for hydroxylation is 1. The summed E-state index contributed by atoms with van der Waals surface area (Å²) in [5.41, 5.74) is 1.87. The Morgan fingerprint density at radius 2 is 1.92 bits per heavy atom. The zero-order chi connectivity index (χ0) is 16.9. The van der Waals surface area contributed by atoms with Crippen molar-refractivity contribution < 1.29 is 9.21 Å². The first-order chi connectivity index (χ1) is 11.7. The molecule has 5 heteroatoms. The largest absolute Gasteiger partial charge is 0.456 e. The van der Waals surface area contributed by atoms with Crippen molar-refractivity contribution in [3.05, 3.63) is 59.0 Å². The molecule has 0 spiro atoms. The Labute approximate surface area is 142 Å². The molecule has 0 atom stereocenters. The lowest BCUT2D eigenvalue weighted by atomic mass is 10.1. The summed E-state index contributed by atoms with van der Waals surface area (Å²) in [6, 6.07) is 13.4. The van der Waals surface area contributed by atoms with E-state index in [1.165, 1.54) is 5.56 Å². The van der Waals surface area contributed by atoms with Crippen LogP contribution in [0.15, 0.2) is 40.8 Å². The lowest BCUT2D eigenvalue weighted by molar-refractivity contribution is 0.0728. The van der Waals surface area contributed by atoms with E-state index in [0.29, 0.717) is 17.9 Å². The molecule has 1 amide bonds. The molecule has 1 saturated heterocycles. The minimum atomic E-state index is -0.0247. The highest BCUT2D eigenvalue weighted by molar-refractivity contribution is 5.91. The molecule has 0 N–H and O–H groups in total. The second-order valence-electron chi connectivity index (χ2n) is 6.14. The summed E-state index contributed by atoms with van der Waals surface area (Å²) in [4.78, 5) is 16.7. The fourth-order valence-corrected chi connectivity index (χ4v) is 2.98. The highest BCUT2D eigenvalue weighted by Crippen LogP contribution is 2.14. The van der Waals surface area contributed by atoms with Crippen LogP contribution >= 0.6 is 0 Å². The highest BCUT2D eigenvalue weighted by atomic mass is 16.3. The van der Waals surface area contributed by atoms with Crippen LogP contribution < -0.4 is 0 Å². The molecule has 1 aliphatic rings. The van der Waals surface area contributed by atoms with Gasteiger partial charge < -0.3 is 9.32 Å². The first kappa shape index (κ1) is 16.3. The molecule has 1 aromatic carbocycles. The lowest BCUT2D eigenvalue weighted by Gasteiger charge is -2.21. The number of amides is 1. The normalized spacial score (nSPS) is 15.8. The summed E-state index contributed by atoms with van der Waals surface area (Å²) in [5.74, 6) is 1.16. The number of benzene rings is 1. The minimum Gasteiger partial charge on any atom is -0.456 e. The summed E-state index contributed by atoms with van der Waals surface area (Å²) in [6.45, 7) is 5.94. The van der Waals surface area contributed by atoms with Crippen LogP contribution in [0.5, 0.6) is 0 Å². The number of rotatable bonds is 3. The summed E-state index contributed by atoms with van der Waals surface area (Å²) in [5, 5.41) is 8.86. The monoisotopic (exact) mass is 323 g/mol. The molecule has 2 aromatic rings. The van der Waals surface area contributed by atoms with E-state index < -0.39 is 0 Å². The molecule has 5 nitrogen and oxygen atoms in total. The van der Waals surface area contributed by atoms with Gasteiger partial charge in [0.25, 0.3) is 5.91 Å². The van der Waals surface area contributed by atoms with Crippen LogP contribution in [0.1, 0.15) is 33.9 Å². The van der Waals surface area contributed by atoms with Gasteiger partial charge in [-0.1, -0.05) is 12.1 Å². The Kier molecular flexibility index (Phi) is 4.97. The SMILES string of the molecule is Cc1ccc(C(=O)N2CCCN(Cc3ccc(C#N)cc3)CC2)o1. The number of furan rings is 1. The van der Waals surface area contributed by atoms with E-state index in [9.17, 15) is 4.79 Å². The maximum atomic E-state index is 12.5. The topological polar surface area (TPSA) is 60.5 Å². The Morgan fingerprint density at radius 3 is 2.58 bits per heavy atom. The summed E-state index contributed by atoms with van der Waals surface area (Å²) >= 11 is 0. The molecule has 0 radical (unpaired) electrons. The Hall–Kier alpha value is -2.58.